The van der Waals surface area contributed by atoms with Crippen LogP contribution in [-0.2, 0) is 0 Å². The van der Waals surface area contributed by atoms with Gasteiger partial charge in [0.15, 0.2) is 0 Å². The molecule has 1 aliphatic carbocycles. The summed E-state index contributed by atoms with van der Waals surface area (Å²) < 4.78 is 6.06. The molecular weight excluding hydrogens is 342 g/mol. The van der Waals surface area contributed by atoms with Gasteiger partial charge in [-0.25, -0.2) is 0 Å². The molecule has 2 aromatic carbocycles. The van der Waals surface area contributed by atoms with E-state index in [0.29, 0.717) is 5.02 Å². The Balaban J connectivity index is 1.59. The number of hydrogen-bond donors (Lipinski definition) is 0. The molecule has 2 nitrogen and oxygen atoms in total. The molecule has 0 amide bonds. The van der Waals surface area contributed by atoms with E-state index in [2.05, 4.69) is 41.4 Å². The second kappa shape index (κ2) is 7.59. The lowest BCUT2D eigenvalue weighted by Gasteiger charge is -2.15. The number of aromatic nitrogens is 1. The standard InChI is InChI=1S/C23H18ClNO/c24-19-10-12-20(13-11-19)26-23-8-4-2-6-18(23)9-14-22-21-7-3-1-5-17(21)15-16-25-22/h1,3,5-16H,2,4H2/b14-9+. The van der Waals surface area contributed by atoms with Crippen molar-refractivity contribution in [1.29, 1.82) is 0 Å². The van der Waals surface area contributed by atoms with E-state index < -0.39 is 0 Å². The van der Waals surface area contributed by atoms with Crippen molar-refractivity contribution < 1.29 is 4.74 Å². The van der Waals surface area contributed by atoms with Crippen molar-refractivity contribution in [2.75, 3.05) is 0 Å². The van der Waals surface area contributed by atoms with Gasteiger partial charge < -0.3 is 4.74 Å². The molecule has 0 aliphatic heterocycles. The van der Waals surface area contributed by atoms with Gasteiger partial charge in [0.1, 0.15) is 11.5 Å². The molecule has 1 aromatic heterocycles. The van der Waals surface area contributed by atoms with E-state index in [-0.39, 0.29) is 0 Å². The summed E-state index contributed by atoms with van der Waals surface area (Å²) in [7, 11) is 0. The van der Waals surface area contributed by atoms with Crippen LogP contribution >= 0.6 is 11.6 Å². The maximum absolute atomic E-state index is 6.06. The van der Waals surface area contributed by atoms with Gasteiger partial charge in [0.05, 0.1) is 5.69 Å². The van der Waals surface area contributed by atoms with Gasteiger partial charge in [-0.3, -0.25) is 4.98 Å². The van der Waals surface area contributed by atoms with Gasteiger partial charge in [-0.1, -0.05) is 41.9 Å². The number of hydrogen-bond acceptors (Lipinski definition) is 2. The minimum atomic E-state index is 0.702. The third kappa shape index (κ3) is 3.71. The second-order valence-corrected chi connectivity index (χ2v) is 6.55. The summed E-state index contributed by atoms with van der Waals surface area (Å²) in [5.41, 5.74) is 2.03. The molecule has 26 heavy (non-hydrogen) atoms. The van der Waals surface area contributed by atoms with Crippen molar-refractivity contribution in [3.63, 3.8) is 0 Å². The van der Waals surface area contributed by atoms with E-state index in [0.717, 1.165) is 41.0 Å². The Labute approximate surface area is 158 Å². The summed E-state index contributed by atoms with van der Waals surface area (Å²) in [5, 5.41) is 3.03. The Hall–Kier alpha value is -2.84. The predicted octanol–water partition coefficient (Wildman–Crippen LogP) is 6.58. The van der Waals surface area contributed by atoms with Gasteiger partial charge in [-0.05, 0) is 66.8 Å². The number of benzene rings is 2. The van der Waals surface area contributed by atoms with Gasteiger partial charge in [-0.15, -0.1) is 0 Å². The Morgan fingerprint density at radius 1 is 0.885 bits per heavy atom. The first-order chi connectivity index (χ1) is 12.8. The van der Waals surface area contributed by atoms with E-state index >= 15 is 0 Å². The van der Waals surface area contributed by atoms with Crippen LogP contribution in [0.2, 0.25) is 5.02 Å². The summed E-state index contributed by atoms with van der Waals surface area (Å²) in [6.07, 6.45) is 12.3. The maximum Gasteiger partial charge on any atom is 0.130 e. The Morgan fingerprint density at radius 3 is 2.58 bits per heavy atom. The van der Waals surface area contributed by atoms with Crippen molar-refractivity contribution in [2.24, 2.45) is 0 Å². The molecule has 0 fully saturated rings. The van der Waals surface area contributed by atoms with Crippen LogP contribution in [0.4, 0.5) is 0 Å². The van der Waals surface area contributed by atoms with Crippen molar-refractivity contribution >= 4 is 28.4 Å². The third-order valence-electron chi connectivity index (χ3n) is 4.31. The van der Waals surface area contributed by atoms with Crippen LogP contribution < -0.4 is 4.74 Å². The fraction of sp³-hybridized carbons (Fsp3) is 0.0870. The summed E-state index contributed by atoms with van der Waals surface area (Å²) in [4.78, 5) is 4.52. The van der Waals surface area contributed by atoms with Gasteiger partial charge in [0.25, 0.3) is 0 Å². The van der Waals surface area contributed by atoms with Crippen molar-refractivity contribution in [2.45, 2.75) is 12.8 Å². The van der Waals surface area contributed by atoms with Gasteiger partial charge >= 0.3 is 0 Å². The average Bonchev–Trinajstić information content (AvgIpc) is 2.69. The van der Waals surface area contributed by atoms with Gasteiger partial charge in [-0.2, -0.15) is 0 Å². The minimum absolute atomic E-state index is 0.702. The lowest BCUT2D eigenvalue weighted by Crippen LogP contribution is -2.01. The fourth-order valence-corrected chi connectivity index (χ4v) is 3.12. The average molecular weight is 360 g/mol. The van der Waals surface area contributed by atoms with E-state index in [4.69, 9.17) is 16.3 Å². The Bertz CT molecular complexity index is 1010. The van der Waals surface area contributed by atoms with Crippen molar-refractivity contribution in [3.8, 4) is 5.75 Å². The molecule has 1 aliphatic rings. The highest BCUT2D eigenvalue weighted by Gasteiger charge is 2.09. The molecule has 1 heterocycles. The monoisotopic (exact) mass is 359 g/mol. The zero-order valence-electron chi connectivity index (χ0n) is 14.2. The topological polar surface area (TPSA) is 22.1 Å². The number of halogens is 1. The minimum Gasteiger partial charge on any atom is -0.457 e. The molecule has 0 unspecified atom stereocenters. The molecular formula is C23H18ClNO. The van der Waals surface area contributed by atoms with Crippen molar-refractivity contribution in [3.05, 3.63) is 101 Å². The highest BCUT2D eigenvalue weighted by molar-refractivity contribution is 6.30. The Morgan fingerprint density at radius 2 is 1.69 bits per heavy atom. The molecule has 0 saturated heterocycles. The van der Waals surface area contributed by atoms with Crippen LogP contribution in [0.5, 0.6) is 5.75 Å². The Kier molecular flexibility index (Phi) is 4.85. The molecule has 0 radical (unpaired) electrons. The SMILES string of the molecule is Clc1ccc(OC2=CCCC=C2/C=C/c2nccc3ccccc23)cc1. The molecule has 3 heteroatoms. The first-order valence-corrected chi connectivity index (χ1v) is 9.03. The van der Waals surface area contributed by atoms with Crippen LogP contribution in [0.3, 0.4) is 0 Å². The van der Waals surface area contributed by atoms with E-state index in [1.807, 2.05) is 48.7 Å². The maximum atomic E-state index is 6.06. The molecule has 0 atom stereocenters. The van der Waals surface area contributed by atoms with E-state index in [1.54, 1.807) is 0 Å². The van der Waals surface area contributed by atoms with Crippen LogP contribution in [0.25, 0.3) is 16.8 Å². The molecule has 3 aromatic rings. The largest absolute Gasteiger partial charge is 0.457 e. The summed E-state index contributed by atoms with van der Waals surface area (Å²) in [5.74, 6) is 1.65. The first-order valence-electron chi connectivity index (χ1n) is 8.65. The summed E-state index contributed by atoms with van der Waals surface area (Å²) in [6, 6.07) is 17.7. The molecule has 0 N–H and O–H groups in total. The smallest absolute Gasteiger partial charge is 0.130 e. The highest BCUT2D eigenvalue weighted by Crippen LogP contribution is 2.26. The predicted molar refractivity (Wildman–Crippen MR) is 108 cm³/mol. The van der Waals surface area contributed by atoms with Crippen LogP contribution in [-0.4, -0.2) is 4.98 Å². The highest BCUT2D eigenvalue weighted by atomic mass is 35.5. The van der Waals surface area contributed by atoms with Crippen LogP contribution in [0.15, 0.2) is 90.4 Å². The normalized spacial score (nSPS) is 14.3. The molecule has 128 valence electrons. The fourth-order valence-electron chi connectivity index (χ4n) is 3.00. The number of ether oxygens (including phenoxy) is 1. The number of fused-ring (bicyclic) bond motifs is 1. The lowest BCUT2D eigenvalue weighted by atomic mass is 10.0. The molecule has 0 bridgehead atoms. The molecule has 0 spiro atoms. The quantitative estimate of drug-likeness (QED) is 0.524. The molecule has 4 rings (SSSR count). The number of rotatable bonds is 4. The summed E-state index contributed by atoms with van der Waals surface area (Å²) >= 11 is 5.95. The second-order valence-electron chi connectivity index (χ2n) is 6.11. The zero-order valence-corrected chi connectivity index (χ0v) is 15.0. The number of allylic oxidation sites excluding steroid dienone is 3. The zero-order chi connectivity index (χ0) is 17.8. The molecule has 0 saturated carbocycles. The van der Waals surface area contributed by atoms with Crippen LogP contribution in [0.1, 0.15) is 18.5 Å². The van der Waals surface area contributed by atoms with Gasteiger partial charge in [0.2, 0.25) is 0 Å². The van der Waals surface area contributed by atoms with E-state index in [1.165, 1.54) is 5.39 Å². The number of pyridine rings is 1. The lowest BCUT2D eigenvalue weighted by molar-refractivity contribution is 0.433. The summed E-state index contributed by atoms with van der Waals surface area (Å²) in [6.45, 7) is 0. The van der Waals surface area contributed by atoms with Crippen LogP contribution in [0, 0.1) is 0 Å². The van der Waals surface area contributed by atoms with E-state index in [9.17, 15) is 0 Å². The van der Waals surface area contributed by atoms with Crippen molar-refractivity contribution in [1.82, 2.24) is 4.98 Å². The first kappa shape index (κ1) is 16.6. The third-order valence-corrected chi connectivity index (χ3v) is 4.56. The number of nitrogens with zero attached hydrogens (tertiary/aromatic N) is 1. The van der Waals surface area contributed by atoms with Gasteiger partial charge in [0, 0.05) is 22.2 Å².